The molecule has 0 aliphatic heterocycles. The molecule has 0 atom stereocenters. The second kappa shape index (κ2) is 7.11. The first-order valence-corrected chi connectivity index (χ1v) is 9.60. The summed E-state index contributed by atoms with van der Waals surface area (Å²) in [6, 6.07) is 19.7. The number of aryl methyl sites for hydroxylation is 1. The van der Waals surface area contributed by atoms with Crippen LogP contribution in [-0.4, -0.2) is 38.7 Å². The fraction of sp³-hybridized carbons (Fsp3) is 0.130. The summed E-state index contributed by atoms with van der Waals surface area (Å²) in [7, 11) is 3.60. The molecule has 3 heterocycles. The highest BCUT2D eigenvalue weighted by molar-refractivity contribution is 5.94. The molecule has 7 heteroatoms. The van der Waals surface area contributed by atoms with Gasteiger partial charge in [-0.3, -0.25) is 4.90 Å². The molecule has 3 aromatic heterocycles. The van der Waals surface area contributed by atoms with E-state index in [4.69, 9.17) is 9.72 Å². The third kappa shape index (κ3) is 2.91. The third-order valence-electron chi connectivity index (χ3n) is 5.10. The molecule has 0 aliphatic carbocycles. The molecule has 0 radical (unpaired) electrons. The molecule has 0 saturated carbocycles. The number of hydrogen-bond acceptors (Lipinski definition) is 6. The number of nitrogens with zero attached hydrogens (tertiary/aromatic N) is 6. The van der Waals surface area contributed by atoms with Crippen molar-refractivity contribution < 1.29 is 4.74 Å². The lowest BCUT2D eigenvalue weighted by molar-refractivity contribution is 0.415. The first-order valence-electron chi connectivity index (χ1n) is 9.60. The number of rotatable bonds is 4. The van der Waals surface area contributed by atoms with Gasteiger partial charge in [0, 0.05) is 24.2 Å². The maximum absolute atomic E-state index is 5.40. The smallest absolute Gasteiger partial charge is 0.219 e. The van der Waals surface area contributed by atoms with Crippen LogP contribution in [0.1, 0.15) is 5.56 Å². The molecule has 0 unspecified atom stereocenters. The van der Waals surface area contributed by atoms with E-state index in [9.17, 15) is 0 Å². The average molecular weight is 396 g/mol. The van der Waals surface area contributed by atoms with E-state index in [1.165, 1.54) is 0 Å². The molecule has 5 rings (SSSR count). The Labute approximate surface area is 173 Å². The summed E-state index contributed by atoms with van der Waals surface area (Å²) in [6.07, 6.45) is 1.77. The van der Waals surface area contributed by atoms with Crippen LogP contribution in [0.3, 0.4) is 0 Å². The van der Waals surface area contributed by atoms with E-state index in [1.54, 1.807) is 13.3 Å². The van der Waals surface area contributed by atoms with Gasteiger partial charge in [0.1, 0.15) is 11.6 Å². The Morgan fingerprint density at radius 2 is 1.87 bits per heavy atom. The van der Waals surface area contributed by atoms with Gasteiger partial charge in [-0.2, -0.15) is 0 Å². The normalized spacial score (nSPS) is 11.2. The van der Waals surface area contributed by atoms with Crippen LogP contribution in [-0.2, 0) is 0 Å². The Morgan fingerprint density at radius 3 is 2.67 bits per heavy atom. The second-order valence-electron chi connectivity index (χ2n) is 7.09. The summed E-state index contributed by atoms with van der Waals surface area (Å²) < 4.78 is 7.38. The van der Waals surface area contributed by atoms with E-state index in [2.05, 4.69) is 34.2 Å². The predicted molar refractivity (Wildman–Crippen MR) is 117 cm³/mol. The monoisotopic (exact) mass is 396 g/mol. The zero-order valence-corrected chi connectivity index (χ0v) is 16.9. The van der Waals surface area contributed by atoms with Crippen molar-refractivity contribution in [1.82, 2.24) is 24.6 Å². The van der Waals surface area contributed by atoms with Crippen molar-refractivity contribution in [2.75, 3.05) is 19.1 Å². The van der Waals surface area contributed by atoms with Gasteiger partial charge in [-0.1, -0.05) is 29.8 Å². The zero-order chi connectivity index (χ0) is 20.7. The van der Waals surface area contributed by atoms with Crippen LogP contribution in [0.5, 0.6) is 5.75 Å². The van der Waals surface area contributed by atoms with Crippen molar-refractivity contribution in [3.8, 4) is 17.1 Å². The molecule has 0 N–H and O–H groups in total. The Morgan fingerprint density at radius 1 is 0.967 bits per heavy atom. The lowest BCUT2D eigenvalue weighted by atomic mass is 10.1. The molecule has 0 amide bonds. The molecule has 7 nitrogen and oxygen atoms in total. The minimum atomic E-state index is 0.683. The number of anilines is 2. The minimum Gasteiger partial charge on any atom is -0.497 e. The quantitative estimate of drug-likeness (QED) is 0.448. The molecule has 30 heavy (non-hydrogen) atoms. The van der Waals surface area contributed by atoms with E-state index in [0.717, 1.165) is 39.2 Å². The summed E-state index contributed by atoms with van der Waals surface area (Å²) in [5.41, 5.74) is 3.64. The molecule has 0 saturated heterocycles. The Bertz CT molecular complexity index is 1360. The van der Waals surface area contributed by atoms with E-state index in [1.807, 2.05) is 64.9 Å². The van der Waals surface area contributed by atoms with Crippen LogP contribution < -0.4 is 9.64 Å². The maximum Gasteiger partial charge on any atom is 0.219 e. The summed E-state index contributed by atoms with van der Waals surface area (Å²) in [5.74, 6) is 2.91. The van der Waals surface area contributed by atoms with Crippen LogP contribution in [0.25, 0.3) is 27.9 Å². The first kappa shape index (κ1) is 18.1. The fourth-order valence-corrected chi connectivity index (χ4v) is 3.56. The lowest BCUT2D eigenvalue weighted by Gasteiger charge is -2.20. The maximum atomic E-state index is 5.40. The average Bonchev–Trinajstić information content (AvgIpc) is 3.24. The number of aromatic nitrogens is 5. The van der Waals surface area contributed by atoms with Gasteiger partial charge in [-0.25, -0.2) is 14.4 Å². The van der Waals surface area contributed by atoms with Crippen molar-refractivity contribution >= 4 is 28.3 Å². The number of methoxy groups -OCH3 is 1. The molecule has 2 aromatic carbocycles. The van der Waals surface area contributed by atoms with Gasteiger partial charge < -0.3 is 4.74 Å². The van der Waals surface area contributed by atoms with Crippen molar-refractivity contribution in [3.63, 3.8) is 0 Å². The molecule has 0 aliphatic rings. The standard InChI is InChI=1S/C23H20N6O/c1-15-10-11-19-18(13-15)22-27-26-21(16-7-6-8-17(14-16)30-3)29(22)23(25-19)28(2)20-9-4-5-12-24-20/h4-14H,1-3H3. The van der Waals surface area contributed by atoms with E-state index >= 15 is 0 Å². The first-order chi connectivity index (χ1) is 14.7. The zero-order valence-electron chi connectivity index (χ0n) is 16.9. The summed E-state index contributed by atoms with van der Waals surface area (Å²) >= 11 is 0. The van der Waals surface area contributed by atoms with E-state index in [-0.39, 0.29) is 0 Å². The number of fused-ring (bicyclic) bond motifs is 3. The summed E-state index contributed by atoms with van der Waals surface area (Å²) in [6.45, 7) is 2.06. The highest BCUT2D eigenvalue weighted by Crippen LogP contribution is 2.31. The highest BCUT2D eigenvalue weighted by Gasteiger charge is 2.20. The number of pyridine rings is 1. The Hall–Kier alpha value is -4.00. The second-order valence-corrected chi connectivity index (χ2v) is 7.09. The molecule has 0 spiro atoms. The van der Waals surface area contributed by atoms with Crippen molar-refractivity contribution in [2.24, 2.45) is 0 Å². The van der Waals surface area contributed by atoms with Gasteiger partial charge in [0.05, 0.1) is 12.6 Å². The van der Waals surface area contributed by atoms with Crippen LogP contribution in [0.15, 0.2) is 66.9 Å². The number of ether oxygens (including phenoxy) is 1. The van der Waals surface area contributed by atoms with Crippen LogP contribution in [0.2, 0.25) is 0 Å². The number of hydrogen-bond donors (Lipinski definition) is 0. The molecule has 0 bridgehead atoms. The molecule has 148 valence electrons. The Balaban J connectivity index is 1.84. The topological polar surface area (TPSA) is 68.4 Å². The van der Waals surface area contributed by atoms with Gasteiger partial charge in [0.15, 0.2) is 11.5 Å². The largest absolute Gasteiger partial charge is 0.497 e. The third-order valence-corrected chi connectivity index (χ3v) is 5.10. The van der Waals surface area contributed by atoms with Gasteiger partial charge >= 0.3 is 0 Å². The predicted octanol–water partition coefficient (Wildman–Crippen LogP) is 4.42. The van der Waals surface area contributed by atoms with Gasteiger partial charge in [0.25, 0.3) is 0 Å². The van der Waals surface area contributed by atoms with Crippen molar-refractivity contribution in [1.29, 1.82) is 0 Å². The molecule has 0 fully saturated rings. The van der Waals surface area contributed by atoms with Crippen molar-refractivity contribution in [3.05, 3.63) is 72.4 Å². The summed E-state index contributed by atoms with van der Waals surface area (Å²) in [5, 5.41) is 10.0. The summed E-state index contributed by atoms with van der Waals surface area (Å²) in [4.78, 5) is 11.4. The molecular weight excluding hydrogens is 376 g/mol. The van der Waals surface area contributed by atoms with Crippen molar-refractivity contribution in [2.45, 2.75) is 6.92 Å². The molecule has 5 aromatic rings. The van der Waals surface area contributed by atoms with E-state index in [0.29, 0.717) is 11.8 Å². The molecular formula is C23H20N6O. The SMILES string of the molecule is COc1cccc(-c2nnc3c4cc(C)ccc4nc(N(C)c4ccccn4)n23)c1. The fourth-order valence-electron chi connectivity index (χ4n) is 3.56. The van der Waals surface area contributed by atoms with Gasteiger partial charge in [0.2, 0.25) is 5.95 Å². The van der Waals surface area contributed by atoms with Crippen LogP contribution in [0.4, 0.5) is 11.8 Å². The van der Waals surface area contributed by atoms with Crippen LogP contribution >= 0.6 is 0 Å². The number of benzene rings is 2. The van der Waals surface area contributed by atoms with Gasteiger partial charge in [-0.15, -0.1) is 10.2 Å². The van der Waals surface area contributed by atoms with E-state index < -0.39 is 0 Å². The lowest BCUT2D eigenvalue weighted by Crippen LogP contribution is -2.17. The Kier molecular flexibility index (Phi) is 4.28. The van der Waals surface area contributed by atoms with Gasteiger partial charge in [-0.05, 0) is 43.3 Å². The van der Waals surface area contributed by atoms with Crippen LogP contribution in [0, 0.1) is 6.92 Å². The highest BCUT2D eigenvalue weighted by atomic mass is 16.5. The minimum absolute atomic E-state index is 0.683.